The number of benzene rings is 2. The fourth-order valence-corrected chi connectivity index (χ4v) is 4.56. The predicted octanol–water partition coefficient (Wildman–Crippen LogP) is 6.12. The minimum Gasteiger partial charge on any atom is -0.444 e. The molecule has 1 amide bonds. The van der Waals surface area contributed by atoms with E-state index >= 15 is 0 Å². The lowest BCUT2D eigenvalue weighted by Gasteiger charge is -2.37. The molecule has 31 heavy (non-hydrogen) atoms. The Morgan fingerprint density at radius 1 is 1.06 bits per heavy atom. The Bertz CT molecular complexity index is 1070. The normalized spacial score (nSPS) is 18.0. The van der Waals surface area contributed by atoms with Gasteiger partial charge in [0.25, 0.3) is 0 Å². The Morgan fingerprint density at radius 3 is 2.42 bits per heavy atom. The standard InChI is InChI=1S/C25H25Cl2NO3/c1-25(2,3)31-24(30)28-14-17-11-16-6-9-19(27)12-20(16)21(17)13-22(28)23(29)10-15-4-7-18(26)8-5-15/h4-9,12,22H,10-11,13-14H2,1-3H3. The Morgan fingerprint density at radius 2 is 1.74 bits per heavy atom. The first-order valence-corrected chi connectivity index (χ1v) is 11.1. The molecular formula is C25H25Cl2NO3. The topological polar surface area (TPSA) is 46.6 Å². The van der Waals surface area contributed by atoms with Gasteiger partial charge in [0.05, 0.1) is 6.04 Å². The van der Waals surface area contributed by atoms with Crippen molar-refractivity contribution in [2.24, 2.45) is 0 Å². The second-order valence-electron chi connectivity index (χ2n) is 9.16. The van der Waals surface area contributed by atoms with Crippen molar-refractivity contribution >= 4 is 40.7 Å². The van der Waals surface area contributed by atoms with Gasteiger partial charge in [-0.3, -0.25) is 9.69 Å². The van der Waals surface area contributed by atoms with E-state index in [0.717, 1.165) is 28.7 Å². The zero-order valence-corrected chi connectivity index (χ0v) is 19.4. The number of carbonyl (C=O) groups excluding carboxylic acids is 2. The lowest BCUT2D eigenvalue weighted by Crippen LogP contribution is -2.50. The summed E-state index contributed by atoms with van der Waals surface area (Å²) in [5, 5.41) is 1.30. The molecule has 0 bridgehead atoms. The number of Topliss-reactive ketones (excluding diaryl/α,β-unsaturated/α-hetero) is 1. The SMILES string of the molecule is CC(C)(C)OC(=O)N1CC2=C(CC1C(=O)Cc1ccc(Cl)cc1)c1cc(Cl)ccc1C2. The van der Waals surface area contributed by atoms with Gasteiger partial charge in [0.2, 0.25) is 0 Å². The zero-order valence-electron chi connectivity index (χ0n) is 17.9. The van der Waals surface area contributed by atoms with Crippen molar-refractivity contribution < 1.29 is 14.3 Å². The molecule has 1 heterocycles. The first-order chi connectivity index (χ1) is 14.6. The molecule has 2 aromatic carbocycles. The largest absolute Gasteiger partial charge is 0.444 e. The highest BCUT2D eigenvalue weighted by molar-refractivity contribution is 6.31. The maximum absolute atomic E-state index is 13.4. The van der Waals surface area contributed by atoms with Crippen LogP contribution >= 0.6 is 23.2 Å². The summed E-state index contributed by atoms with van der Waals surface area (Å²) in [6, 6.07) is 12.5. The number of fused-ring (bicyclic) bond motifs is 2. The van der Waals surface area contributed by atoms with Crippen LogP contribution in [0.4, 0.5) is 4.79 Å². The van der Waals surface area contributed by atoms with Gasteiger partial charge in [0, 0.05) is 29.4 Å². The van der Waals surface area contributed by atoms with Crippen molar-refractivity contribution in [2.75, 3.05) is 6.54 Å². The Labute approximate surface area is 192 Å². The van der Waals surface area contributed by atoms with E-state index in [1.165, 1.54) is 5.56 Å². The fourth-order valence-electron chi connectivity index (χ4n) is 4.26. The zero-order chi connectivity index (χ0) is 22.3. The van der Waals surface area contributed by atoms with Crippen LogP contribution in [0.15, 0.2) is 48.0 Å². The number of ketones is 1. The van der Waals surface area contributed by atoms with Crippen LogP contribution in [-0.2, 0) is 22.4 Å². The average Bonchev–Trinajstić information content (AvgIpc) is 3.04. The summed E-state index contributed by atoms with van der Waals surface area (Å²) in [6.07, 6.45) is 1.00. The minimum absolute atomic E-state index is 0.0183. The Balaban J connectivity index is 1.64. The van der Waals surface area contributed by atoms with Gasteiger partial charge in [-0.1, -0.05) is 41.4 Å². The smallest absolute Gasteiger partial charge is 0.411 e. The molecule has 0 aromatic heterocycles. The van der Waals surface area contributed by atoms with E-state index in [4.69, 9.17) is 27.9 Å². The highest BCUT2D eigenvalue weighted by atomic mass is 35.5. The molecule has 0 radical (unpaired) electrons. The van der Waals surface area contributed by atoms with Gasteiger partial charge < -0.3 is 4.74 Å². The molecule has 4 nitrogen and oxygen atoms in total. The maximum Gasteiger partial charge on any atom is 0.411 e. The van der Waals surface area contributed by atoms with Gasteiger partial charge in [0.15, 0.2) is 5.78 Å². The first kappa shape index (κ1) is 21.9. The van der Waals surface area contributed by atoms with Crippen LogP contribution in [0, 0.1) is 0 Å². The molecule has 0 fully saturated rings. The maximum atomic E-state index is 13.4. The van der Waals surface area contributed by atoms with Crippen LogP contribution in [-0.4, -0.2) is 35.0 Å². The molecule has 0 saturated heterocycles. The molecule has 162 valence electrons. The van der Waals surface area contributed by atoms with Crippen LogP contribution in [0.1, 0.15) is 43.9 Å². The summed E-state index contributed by atoms with van der Waals surface area (Å²) >= 11 is 12.2. The average molecular weight is 458 g/mol. The molecule has 0 N–H and O–H groups in total. The second kappa shape index (κ2) is 8.33. The van der Waals surface area contributed by atoms with Gasteiger partial charge in [0.1, 0.15) is 5.60 Å². The van der Waals surface area contributed by atoms with Gasteiger partial charge in [-0.25, -0.2) is 4.79 Å². The Kier molecular flexibility index (Phi) is 5.89. The van der Waals surface area contributed by atoms with Crippen molar-refractivity contribution in [3.8, 4) is 0 Å². The van der Waals surface area contributed by atoms with Crippen molar-refractivity contribution in [2.45, 2.75) is 51.7 Å². The third kappa shape index (κ3) is 4.81. The van der Waals surface area contributed by atoms with E-state index in [-0.39, 0.29) is 12.2 Å². The number of rotatable bonds is 3. The van der Waals surface area contributed by atoms with E-state index < -0.39 is 17.7 Å². The lowest BCUT2D eigenvalue weighted by atomic mass is 9.89. The van der Waals surface area contributed by atoms with Gasteiger partial charge >= 0.3 is 6.09 Å². The molecule has 0 spiro atoms. The third-order valence-corrected chi connectivity index (χ3v) is 6.14. The number of ether oxygens (including phenoxy) is 1. The molecule has 1 atom stereocenters. The van der Waals surface area contributed by atoms with Crippen LogP contribution in [0.3, 0.4) is 0 Å². The monoisotopic (exact) mass is 457 g/mol. The summed E-state index contributed by atoms with van der Waals surface area (Å²) in [4.78, 5) is 28.0. The number of amides is 1. The minimum atomic E-state index is -0.637. The molecule has 2 aromatic rings. The van der Waals surface area contributed by atoms with E-state index in [9.17, 15) is 9.59 Å². The van der Waals surface area contributed by atoms with Crippen molar-refractivity contribution in [3.05, 3.63) is 74.8 Å². The van der Waals surface area contributed by atoms with Gasteiger partial charge in [-0.05, 0) is 79.3 Å². The van der Waals surface area contributed by atoms with E-state index in [2.05, 4.69) is 0 Å². The predicted molar refractivity (Wildman–Crippen MR) is 124 cm³/mol. The molecule has 1 aliphatic heterocycles. The van der Waals surface area contributed by atoms with Crippen molar-refractivity contribution in [1.29, 1.82) is 0 Å². The van der Waals surface area contributed by atoms with E-state index in [0.29, 0.717) is 23.0 Å². The number of nitrogens with zero attached hydrogens (tertiary/aromatic N) is 1. The molecular weight excluding hydrogens is 433 g/mol. The van der Waals surface area contributed by atoms with Crippen LogP contribution in [0.5, 0.6) is 0 Å². The van der Waals surface area contributed by atoms with Crippen molar-refractivity contribution in [3.63, 3.8) is 0 Å². The number of hydrogen-bond donors (Lipinski definition) is 0. The Hall–Kier alpha value is -2.30. The number of halogens is 2. The van der Waals surface area contributed by atoms with Gasteiger partial charge in [-0.15, -0.1) is 0 Å². The summed E-state index contributed by atoms with van der Waals surface area (Å²) in [7, 11) is 0. The summed E-state index contributed by atoms with van der Waals surface area (Å²) < 4.78 is 5.64. The van der Waals surface area contributed by atoms with Gasteiger partial charge in [-0.2, -0.15) is 0 Å². The number of hydrogen-bond acceptors (Lipinski definition) is 3. The molecule has 1 aliphatic carbocycles. The molecule has 6 heteroatoms. The first-order valence-electron chi connectivity index (χ1n) is 10.4. The molecule has 1 unspecified atom stereocenters. The van der Waals surface area contributed by atoms with E-state index in [1.807, 2.05) is 51.1 Å². The molecule has 4 rings (SSSR count). The quantitative estimate of drug-likeness (QED) is 0.557. The summed E-state index contributed by atoms with van der Waals surface area (Å²) in [5.41, 5.74) is 4.79. The molecule has 2 aliphatic rings. The van der Waals surface area contributed by atoms with Crippen molar-refractivity contribution in [1.82, 2.24) is 4.90 Å². The molecule has 0 saturated carbocycles. The summed E-state index contributed by atoms with van der Waals surface area (Å²) in [6.45, 7) is 5.88. The number of carbonyl (C=O) groups is 2. The fraction of sp³-hybridized carbons (Fsp3) is 0.360. The highest BCUT2D eigenvalue weighted by Crippen LogP contribution is 2.41. The van der Waals surface area contributed by atoms with Crippen LogP contribution < -0.4 is 0 Å². The van der Waals surface area contributed by atoms with Crippen LogP contribution in [0.25, 0.3) is 5.57 Å². The van der Waals surface area contributed by atoms with E-state index in [1.54, 1.807) is 17.0 Å². The highest BCUT2D eigenvalue weighted by Gasteiger charge is 2.40. The lowest BCUT2D eigenvalue weighted by molar-refractivity contribution is -0.123. The summed E-state index contributed by atoms with van der Waals surface area (Å²) in [5.74, 6) is -0.0183. The third-order valence-electron chi connectivity index (χ3n) is 5.65. The van der Waals surface area contributed by atoms with Crippen LogP contribution in [0.2, 0.25) is 10.0 Å². The second-order valence-corrected chi connectivity index (χ2v) is 10.0.